The Hall–Kier alpha value is -1.96. The van der Waals surface area contributed by atoms with Crippen LogP contribution in [0.3, 0.4) is 0 Å². The summed E-state index contributed by atoms with van der Waals surface area (Å²) < 4.78 is 30.1. The van der Waals surface area contributed by atoms with Crippen LogP contribution in [0.1, 0.15) is 11.8 Å². The van der Waals surface area contributed by atoms with E-state index in [-0.39, 0.29) is 10.9 Å². The maximum atomic E-state index is 12.0. The first-order chi connectivity index (χ1) is 16.4. The summed E-state index contributed by atoms with van der Waals surface area (Å²) in [7, 11) is -9.19. The third-order valence-electron chi connectivity index (χ3n) is 5.22. The lowest BCUT2D eigenvalue weighted by molar-refractivity contribution is -0.0331. The van der Waals surface area contributed by atoms with Gasteiger partial charge in [0.2, 0.25) is 5.28 Å². The molecule has 1 aliphatic heterocycles. The molecule has 0 spiro atoms. The molecule has 0 radical (unpaired) electrons. The van der Waals surface area contributed by atoms with Gasteiger partial charge in [0.05, 0.1) is 6.33 Å². The molecular formula is C18H23ClN6O8P2. The summed E-state index contributed by atoms with van der Waals surface area (Å²) in [5, 5.41) is 26.1. The van der Waals surface area contributed by atoms with Gasteiger partial charge in [0.15, 0.2) is 23.2 Å². The first kappa shape index (κ1) is 26.1. The number of aliphatic hydroxyl groups is 2. The summed E-state index contributed by atoms with van der Waals surface area (Å²) in [5.74, 6) is -0.942. The lowest BCUT2D eigenvalue weighted by atomic mass is 10.1. The molecule has 3 aromatic rings. The normalized spacial score (nSPS) is 24.5. The Labute approximate surface area is 203 Å². The first-order valence-electron chi connectivity index (χ1n) is 10.2. The summed E-state index contributed by atoms with van der Waals surface area (Å²) >= 11 is 6.10. The van der Waals surface area contributed by atoms with Gasteiger partial charge in [-0.25, -0.2) is 10.1 Å². The van der Waals surface area contributed by atoms with Gasteiger partial charge < -0.3 is 34.9 Å². The second-order valence-electron chi connectivity index (χ2n) is 7.92. The van der Waals surface area contributed by atoms with Crippen LogP contribution >= 0.6 is 26.7 Å². The number of hydrogen-bond donors (Lipinski definition) is 7. The van der Waals surface area contributed by atoms with Crippen molar-refractivity contribution in [2.75, 3.05) is 17.8 Å². The summed E-state index contributed by atoms with van der Waals surface area (Å²) in [4.78, 5) is 40.2. The number of hydrogen-bond acceptors (Lipinski definition) is 9. The van der Waals surface area contributed by atoms with Gasteiger partial charge in [-0.05, 0) is 17.2 Å². The number of aromatic nitrogens is 4. The molecule has 1 aliphatic rings. The Balaban J connectivity index is 1.52. The average Bonchev–Trinajstić information content (AvgIpc) is 3.31. The zero-order valence-electron chi connectivity index (χ0n) is 17.9. The van der Waals surface area contributed by atoms with E-state index >= 15 is 0 Å². The fourth-order valence-electron chi connectivity index (χ4n) is 3.64. The molecule has 1 fully saturated rings. The quantitative estimate of drug-likeness (QED) is 0.144. The molecule has 0 bridgehead atoms. The molecule has 0 amide bonds. The second-order valence-corrected chi connectivity index (χ2v) is 12.4. The third kappa shape index (κ3) is 6.25. The zero-order valence-corrected chi connectivity index (χ0v) is 20.5. The Morgan fingerprint density at radius 2 is 1.80 bits per heavy atom. The predicted octanol–water partition coefficient (Wildman–Crippen LogP) is 0.621. The summed E-state index contributed by atoms with van der Waals surface area (Å²) in [5.41, 5.74) is 1.53. The number of anilines is 1. The Morgan fingerprint density at radius 1 is 1.09 bits per heavy atom. The Bertz CT molecular complexity index is 1290. The molecule has 3 heterocycles. The van der Waals surface area contributed by atoms with Crippen LogP contribution in [0, 0.1) is 0 Å². The van der Waals surface area contributed by atoms with Gasteiger partial charge in [-0.15, -0.1) is 0 Å². The highest BCUT2D eigenvalue weighted by molar-refractivity contribution is 7.71. The number of benzene rings is 1. The maximum absolute atomic E-state index is 12.0. The van der Waals surface area contributed by atoms with Crippen LogP contribution in [0.15, 0.2) is 36.7 Å². The number of fused-ring (bicyclic) bond motifs is 1. The standard InChI is InChI=1S/C18H23ClN6O8P2/c19-18-23-15(20-6-10-4-2-1-3-5-10)12-16(24-18)25(8-21-12)17-14(27)13(26)11(33-17)7-22-34(28,29)9-35(30,31)32/h1-5,8,11,13-14,17,26-27H,6-7,9H2,(H,20,23,24)(H2,22,28,29)(H2,30,31,32). The minimum absolute atomic E-state index is 0.0975. The van der Waals surface area contributed by atoms with Crippen LogP contribution < -0.4 is 10.4 Å². The molecule has 7 N–H and O–H groups in total. The smallest absolute Gasteiger partial charge is 0.336 e. The van der Waals surface area contributed by atoms with E-state index < -0.39 is 52.1 Å². The van der Waals surface area contributed by atoms with E-state index in [9.17, 15) is 24.2 Å². The van der Waals surface area contributed by atoms with Gasteiger partial charge in [-0.1, -0.05) is 30.3 Å². The molecule has 2 aromatic heterocycles. The maximum Gasteiger partial charge on any atom is 0.336 e. The number of rotatable bonds is 9. The molecule has 190 valence electrons. The summed E-state index contributed by atoms with van der Waals surface area (Å²) in [6.07, 6.45) is -4.02. The fraction of sp³-hybridized carbons (Fsp3) is 0.389. The van der Waals surface area contributed by atoms with Crippen molar-refractivity contribution in [3.63, 3.8) is 0 Å². The lowest BCUT2D eigenvalue weighted by Gasteiger charge is -2.19. The minimum atomic E-state index is -4.76. The number of ether oxygens (including phenoxy) is 1. The molecule has 0 aliphatic carbocycles. The Morgan fingerprint density at radius 3 is 2.49 bits per heavy atom. The fourth-order valence-corrected chi connectivity index (χ4v) is 6.67. The van der Waals surface area contributed by atoms with Crippen LogP contribution in [0.5, 0.6) is 0 Å². The van der Waals surface area contributed by atoms with Crippen molar-refractivity contribution in [2.24, 2.45) is 0 Å². The number of nitrogens with one attached hydrogen (secondary N) is 2. The van der Waals surface area contributed by atoms with Crippen molar-refractivity contribution in [1.82, 2.24) is 24.6 Å². The molecular weight excluding hydrogens is 526 g/mol. The van der Waals surface area contributed by atoms with Crippen molar-refractivity contribution >= 4 is 43.7 Å². The van der Waals surface area contributed by atoms with E-state index in [0.717, 1.165) is 5.56 Å². The lowest BCUT2D eigenvalue weighted by Crippen LogP contribution is -2.37. The highest BCUT2D eigenvalue weighted by Gasteiger charge is 2.45. The van der Waals surface area contributed by atoms with E-state index in [1.807, 2.05) is 30.3 Å². The molecule has 17 heteroatoms. The van der Waals surface area contributed by atoms with Crippen LogP contribution in [0.2, 0.25) is 5.28 Å². The monoisotopic (exact) mass is 548 g/mol. The molecule has 5 unspecified atom stereocenters. The molecule has 1 saturated heterocycles. The van der Waals surface area contributed by atoms with Gasteiger partial charge in [-0.2, -0.15) is 9.97 Å². The zero-order chi connectivity index (χ0) is 25.4. The van der Waals surface area contributed by atoms with Gasteiger partial charge in [0.25, 0.3) is 7.52 Å². The van der Waals surface area contributed by atoms with Gasteiger partial charge in [0, 0.05) is 13.1 Å². The molecule has 4 rings (SSSR count). The number of imidazole rings is 1. The van der Waals surface area contributed by atoms with Crippen LogP contribution in [0.25, 0.3) is 11.2 Å². The van der Waals surface area contributed by atoms with E-state index in [2.05, 4.69) is 25.4 Å². The van der Waals surface area contributed by atoms with Gasteiger partial charge >= 0.3 is 7.60 Å². The van der Waals surface area contributed by atoms with Crippen LogP contribution in [0.4, 0.5) is 5.82 Å². The highest BCUT2D eigenvalue weighted by atomic mass is 35.5. The average molecular weight is 549 g/mol. The predicted molar refractivity (Wildman–Crippen MR) is 125 cm³/mol. The van der Waals surface area contributed by atoms with Crippen molar-refractivity contribution in [3.05, 3.63) is 47.5 Å². The van der Waals surface area contributed by atoms with E-state index in [0.29, 0.717) is 17.9 Å². The highest BCUT2D eigenvalue weighted by Crippen LogP contribution is 2.52. The summed E-state index contributed by atoms with van der Waals surface area (Å²) in [6, 6.07) is 9.54. The summed E-state index contributed by atoms with van der Waals surface area (Å²) in [6.45, 7) is -0.0320. The number of halogens is 1. The second kappa shape index (κ2) is 10.2. The van der Waals surface area contributed by atoms with Crippen molar-refractivity contribution in [3.8, 4) is 0 Å². The molecule has 1 aromatic carbocycles. The third-order valence-corrected chi connectivity index (χ3v) is 9.08. The largest absolute Gasteiger partial charge is 0.387 e. The number of nitrogens with zero attached hydrogens (tertiary/aromatic N) is 4. The van der Waals surface area contributed by atoms with Crippen molar-refractivity contribution in [1.29, 1.82) is 0 Å². The molecule has 5 atom stereocenters. The molecule has 14 nitrogen and oxygen atoms in total. The van der Waals surface area contributed by atoms with Crippen LogP contribution in [-0.4, -0.2) is 75.2 Å². The topological polar surface area (TPSA) is 212 Å². The van der Waals surface area contributed by atoms with Gasteiger partial charge in [0.1, 0.15) is 24.2 Å². The Kier molecular flexibility index (Phi) is 7.60. The van der Waals surface area contributed by atoms with Crippen LogP contribution in [-0.2, 0) is 20.4 Å². The SMILES string of the molecule is O=P(O)(O)CP(=O)(O)NCC1OC(n2cnc3c(NCc4ccccc4)nc(Cl)nc32)C(O)C1O. The number of aliphatic hydroxyl groups excluding tert-OH is 2. The molecule has 35 heavy (non-hydrogen) atoms. The molecule has 0 saturated carbocycles. The minimum Gasteiger partial charge on any atom is -0.387 e. The van der Waals surface area contributed by atoms with Crippen molar-refractivity contribution in [2.45, 2.75) is 31.1 Å². The van der Waals surface area contributed by atoms with E-state index in [4.69, 9.17) is 26.1 Å². The van der Waals surface area contributed by atoms with Crippen molar-refractivity contribution < 1.29 is 38.8 Å². The first-order valence-corrected chi connectivity index (χ1v) is 14.3. The van der Waals surface area contributed by atoms with E-state index in [1.54, 1.807) is 0 Å². The van der Waals surface area contributed by atoms with E-state index in [1.165, 1.54) is 10.9 Å². The van der Waals surface area contributed by atoms with Gasteiger partial charge in [-0.3, -0.25) is 13.7 Å².